The van der Waals surface area contributed by atoms with Crippen LogP contribution in [0.4, 0.5) is 10.1 Å². The molecule has 204 valence electrons. The van der Waals surface area contributed by atoms with Gasteiger partial charge in [-0.25, -0.2) is 17.5 Å². The Morgan fingerprint density at radius 2 is 1.92 bits per heavy atom. The van der Waals surface area contributed by atoms with Crippen LogP contribution in [0.5, 0.6) is 11.6 Å². The van der Waals surface area contributed by atoms with Gasteiger partial charge in [-0.2, -0.15) is 9.78 Å². The van der Waals surface area contributed by atoms with Crippen LogP contribution in [0.15, 0.2) is 47.4 Å². The molecule has 0 spiro atoms. The van der Waals surface area contributed by atoms with E-state index in [0.29, 0.717) is 12.1 Å². The maximum atomic E-state index is 13.6. The molecule has 2 N–H and O–H groups in total. The number of aromatic nitrogens is 2. The molecule has 0 fully saturated rings. The Morgan fingerprint density at radius 1 is 1.24 bits per heavy atom. The monoisotopic (exact) mass is 549 g/mol. The van der Waals surface area contributed by atoms with Gasteiger partial charge in [-0.3, -0.25) is 14.9 Å². The van der Waals surface area contributed by atoms with E-state index >= 15 is 0 Å². The van der Waals surface area contributed by atoms with Gasteiger partial charge in [0.05, 0.1) is 17.2 Å². The number of nitrogens with zero attached hydrogens (tertiary/aromatic N) is 3. The summed E-state index contributed by atoms with van der Waals surface area (Å²) in [5.74, 6) is -1.32. The molecule has 1 aromatic heterocycles. The summed E-state index contributed by atoms with van der Waals surface area (Å²) in [7, 11) is -2.77. The minimum absolute atomic E-state index is 0.0236. The van der Waals surface area contributed by atoms with Crippen LogP contribution in [0.3, 0.4) is 0 Å². The predicted octanol–water partition coefficient (Wildman–Crippen LogP) is 3.47. The lowest BCUT2D eigenvalue weighted by Crippen LogP contribution is -2.32. The Hall–Kier alpha value is -3.88. The normalized spacial score (nSPS) is 12.2. The summed E-state index contributed by atoms with van der Waals surface area (Å²) in [6.45, 7) is 5.45. The number of carbonyl (C=O) groups is 1. The molecule has 0 saturated carbocycles. The molecule has 1 amide bonds. The largest absolute Gasteiger partial charge is 0.437 e. The highest BCUT2D eigenvalue weighted by atomic mass is 32.2. The third-order valence-electron chi connectivity index (χ3n) is 5.55. The Kier molecular flexibility index (Phi) is 9.14. The Bertz CT molecular complexity index is 1420. The van der Waals surface area contributed by atoms with Crippen molar-refractivity contribution in [3.05, 3.63) is 69.7 Å². The molecule has 1 atom stereocenters. The van der Waals surface area contributed by atoms with Crippen molar-refractivity contribution in [3.8, 4) is 17.3 Å². The lowest BCUT2D eigenvalue weighted by molar-refractivity contribution is -0.385. The van der Waals surface area contributed by atoms with Gasteiger partial charge in [0.2, 0.25) is 15.9 Å². The average Bonchev–Trinajstić information content (AvgIpc) is 3.20. The number of nitro benzene ring substituents is 1. The van der Waals surface area contributed by atoms with Crippen molar-refractivity contribution in [2.45, 2.75) is 38.1 Å². The van der Waals surface area contributed by atoms with Crippen molar-refractivity contribution in [2.75, 3.05) is 20.3 Å². The number of sulfonamides is 1. The van der Waals surface area contributed by atoms with Gasteiger partial charge >= 0.3 is 0 Å². The zero-order valence-electron chi connectivity index (χ0n) is 21.2. The fourth-order valence-electron chi connectivity index (χ4n) is 3.34. The second kappa shape index (κ2) is 12.1. The highest BCUT2D eigenvalue weighted by Crippen LogP contribution is 2.35. The molecule has 0 bridgehead atoms. The molecule has 3 rings (SSSR count). The number of nitro groups is 1. The number of rotatable bonds is 12. The summed E-state index contributed by atoms with van der Waals surface area (Å²) in [6.07, 6.45) is 0.475. The van der Waals surface area contributed by atoms with Gasteiger partial charge in [-0.05, 0) is 50.6 Å². The standard InChI is InChI=1S/C24H28FN5O7S/c1-5-15(2)28-38(34,35)21-14-19(30(32)33)10-11-20(21)37-24-16(3)22(23(31)26-12-13-36-4)27-29(24)18-8-6-17(25)7-9-18/h6-11,14-15,28H,5,12-13H2,1-4H3,(H,26,31)/t15-/m0/s1. The number of hydrogen-bond donors (Lipinski definition) is 2. The Morgan fingerprint density at radius 3 is 2.53 bits per heavy atom. The quantitative estimate of drug-likeness (QED) is 0.198. The number of non-ortho nitro benzene ring substituents is 1. The summed E-state index contributed by atoms with van der Waals surface area (Å²) < 4.78 is 54.6. The van der Waals surface area contributed by atoms with Crippen molar-refractivity contribution in [3.63, 3.8) is 0 Å². The lowest BCUT2D eigenvalue weighted by Gasteiger charge is -2.16. The molecule has 0 saturated heterocycles. The summed E-state index contributed by atoms with van der Waals surface area (Å²) in [4.78, 5) is 23.0. The molecule has 12 nitrogen and oxygen atoms in total. The molecule has 0 radical (unpaired) electrons. The molecule has 0 unspecified atom stereocenters. The van der Waals surface area contributed by atoms with Crippen molar-refractivity contribution in [2.24, 2.45) is 0 Å². The van der Waals surface area contributed by atoms with E-state index in [1.165, 1.54) is 36.1 Å². The number of benzene rings is 2. The number of amides is 1. The molecule has 1 heterocycles. The van der Waals surface area contributed by atoms with E-state index in [0.717, 1.165) is 18.2 Å². The lowest BCUT2D eigenvalue weighted by atomic mass is 10.2. The van der Waals surface area contributed by atoms with Crippen LogP contribution in [-0.2, 0) is 14.8 Å². The molecule has 2 aromatic carbocycles. The number of hydrogen-bond acceptors (Lipinski definition) is 8. The Labute approximate surface area is 219 Å². The summed E-state index contributed by atoms with van der Waals surface area (Å²) >= 11 is 0. The van der Waals surface area contributed by atoms with Gasteiger partial charge in [-0.1, -0.05) is 6.92 Å². The van der Waals surface area contributed by atoms with Crippen LogP contribution >= 0.6 is 0 Å². The highest BCUT2D eigenvalue weighted by molar-refractivity contribution is 7.89. The number of methoxy groups -OCH3 is 1. The second-order valence-electron chi connectivity index (χ2n) is 8.34. The fourth-order valence-corrected chi connectivity index (χ4v) is 4.82. The van der Waals surface area contributed by atoms with Crippen LogP contribution in [-0.4, -0.2) is 55.3 Å². The van der Waals surface area contributed by atoms with E-state index < -0.39 is 43.3 Å². The van der Waals surface area contributed by atoms with Gasteiger partial charge in [0.15, 0.2) is 5.69 Å². The smallest absolute Gasteiger partial charge is 0.272 e. The number of halogens is 1. The van der Waals surface area contributed by atoms with Crippen LogP contribution < -0.4 is 14.8 Å². The fraction of sp³-hybridized carbons (Fsp3) is 0.333. The van der Waals surface area contributed by atoms with E-state index in [2.05, 4.69) is 15.1 Å². The maximum absolute atomic E-state index is 13.6. The van der Waals surface area contributed by atoms with Gasteiger partial charge in [0, 0.05) is 37.4 Å². The first-order chi connectivity index (χ1) is 18.0. The predicted molar refractivity (Wildman–Crippen MR) is 136 cm³/mol. The molecule has 0 aliphatic carbocycles. The van der Waals surface area contributed by atoms with E-state index in [9.17, 15) is 27.7 Å². The van der Waals surface area contributed by atoms with Gasteiger partial charge < -0.3 is 14.8 Å². The van der Waals surface area contributed by atoms with Crippen LogP contribution in [0.25, 0.3) is 5.69 Å². The molecule has 0 aliphatic heterocycles. The Balaban J connectivity index is 2.16. The van der Waals surface area contributed by atoms with E-state index in [-0.39, 0.29) is 36.0 Å². The number of ether oxygens (including phenoxy) is 2. The van der Waals surface area contributed by atoms with Crippen LogP contribution in [0.1, 0.15) is 36.3 Å². The van der Waals surface area contributed by atoms with Crippen LogP contribution in [0, 0.1) is 22.9 Å². The van der Waals surface area contributed by atoms with Gasteiger partial charge in [0.1, 0.15) is 16.5 Å². The minimum atomic E-state index is -4.25. The first kappa shape index (κ1) is 28.7. The highest BCUT2D eigenvalue weighted by Gasteiger charge is 2.28. The second-order valence-corrected chi connectivity index (χ2v) is 10.0. The van der Waals surface area contributed by atoms with E-state index in [1.807, 2.05) is 0 Å². The van der Waals surface area contributed by atoms with Crippen molar-refractivity contribution in [1.29, 1.82) is 0 Å². The third kappa shape index (κ3) is 6.51. The van der Waals surface area contributed by atoms with Crippen molar-refractivity contribution >= 4 is 21.6 Å². The van der Waals surface area contributed by atoms with Crippen molar-refractivity contribution < 1.29 is 32.0 Å². The summed E-state index contributed by atoms with van der Waals surface area (Å²) in [5.41, 5.74) is 0.0960. The van der Waals surface area contributed by atoms with E-state index in [4.69, 9.17) is 9.47 Å². The van der Waals surface area contributed by atoms with Crippen LogP contribution in [0.2, 0.25) is 0 Å². The molecular weight excluding hydrogens is 521 g/mol. The SMILES string of the molecule is CC[C@H](C)NS(=O)(=O)c1cc([N+](=O)[O-])ccc1Oc1c(C)c(C(=O)NCCOC)nn1-c1ccc(F)cc1. The summed E-state index contributed by atoms with van der Waals surface area (Å²) in [6, 6.07) is 7.87. The third-order valence-corrected chi connectivity index (χ3v) is 7.16. The molecular formula is C24H28FN5O7S. The van der Waals surface area contributed by atoms with Gasteiger partial charge in [0.25, 0.3) is 11.6 Å². The molecule has 14 heteroatoms. The minimum Gasteiger partial charge on any atom is -0.437 e. The zero-order chi connectivity index (χ0) is 28.0. The maximum Gasteiger partial charge on any atom is 0.272 e. The molecule has 38 heavy (non-hydrogen) atoms. The zero-order valence-corrected chi connectivity index (χ0v) is 22.0. The van der Waals surface area contributed by atoms with E-state index in [1.54, 1.807) is 20.8 Å². The summed E-state index contributed by atoms with van der Waals surface area (Å²) in [5, 5.41) is 18.4. The molecule has 3 aromatic rings. The number of carbonyl (C=O) groups excluding carboxylic acids is 1. The van der Waals surface area contributed by atoms with Gasteiger partial charge in [-0.15, -0.1) is 0 Å². The topological polar surface area (TPSA) is 155 Å². The number of nitrogens with one attached hydrogen (secondary N) is 2. The molecule has 0 aliphatic rings. The first-order valence-electron chi connectivity index (χ1n) is 11.6. The van der Waals surface area contributed by atoms with Crippen molar-refractivity contribution in [1.82, 2.24) is 19.8 Å². The average molecular weight is 550 g/mol. The first-order valence-corrected chi connectivity index (χ1v) is 13.1.